The fourth-order valence-corrected chi connectivity index (χ4v) is 4.19. The van der Waals surface area contributed by atoms with E-state index in [1.165, 1.54) is 26.2 Å². The number of hydrogen-bond donors (Lipinski definition) is 2. The van der Waals surface area contributed by atoms with Crippen molar-refractivity contribution in [3.63, 3.8) is 0 Å². The third kappa shape index (κ3) is 13.4. The van der Waals surface area contributed by atoms with Gasteiger partial charge in [-0.15, -0.1) is 0 Å². The number of ether oxygens (including phenoxy) is 2. The second kappa shape index (κ2) is 18.6. The highest BCUT2D eigenvalue weighted by atomic mass is 16.6. The van der Waals surface area contributed by atoms with Crippen LogP contribution in [0.3, 0.4) is 0 Å². The average molecular weight is 507 g/mol. The van der Waals surface area contributed by atoms with Crippen LogP contribution in [0.5, 0.6) is 0 Å². The van der Waals surface area contributed by atoms with Crippen molar-refractivity contribution in [1.29, 1.82) is 0 Å². The molecule has 0 spiro atoms. The monoisotopic (exact) mass is 506 g/mol. The van der Waals surface area contributed by atoms with Crippen molar-refractivity contribution in [3.8, 4) is 0 Å². The molecule has 0 saturated carbocycles. The van der Waals surface area contributed by atoms with Crippen molar-refractivity contribution in [2.75, 3.05) is 0 Å². The Balaban J connectivity index is 2.75. The molecule has 36 heavy (non-hydrogen) atoms. The van der Waals surface area contributed by atoms with Gasteiger partial charge in [-0.25, -0.2) is 4.79 Å². The lowest BCUT2D eigenvalue weighted by molar-refractivity contribution is -0.190. The Kier molecular flexibility index (Phi) is 16.2. The molecule has 0 aromatic rings. The minimum atomic E-state index is -1.15. The van der Waals surface area contributed by atoms with Gasteiger partial charge >= 0.3 is 11.9 Å². The first-order valence-corrected chi connectivity index (χ1v) is 13.5. The van der Waals surface area contributed by atoms with Crippen molar-refractivity contribution in [2.45, 2.75) is 122 Å². The Bertz CT molecular complexity index is 732. The number of allylic oxidation sites excluding steroid dienone is 3. The molecule has 0 bridgehead atoms. The molecule has 1 aliphatic heterocycles. The van der Waals surface area contributed by atoms with Crippen LogP contribution < -0.4 is 11.1 Å². The van der Waals surface area contributed by atoms with Gasteiger partial charge in [-0.3, -0.25) is 14.4 Å². The maximum Gasteiger partial charge on any atom is 0.329 e. The van der Waals surface area contributed by atoms with E-state index in [1.807, 2.05) is 12.2 Å². The van der Waals surface area contributed by atoms with E-state index in [-0.39, 0.29) is 24.4 Å². The lowest BCUT2D eigenvalue weighted by Gasteiger charge is -2.37. The highest BCUT2D eigenvalue weighted by Crippen LogP contribution is 2.32. The van der Waals surface area contributed by atoms with E-state index in [0.717, 1.165) is 44.9 Å². The number of unbranched alkanes of at least 4 members (excludes halogenated alkanes) is 6. The zero-order valence-corrected chi connectivity index (χ0v) is 22.3. The molecule has 0 radical (unpaired) electrons. The van der Waals surface area contributed by atoms with Gasteiger partial charge in [0.2, 0.25) is 11.8 Å². The largest absolute Gasteiger partial charge is 0.461 e. The van der Waals surface area contributed by atoms with Crippen LogP contribution in [0, 0.1) is 5.92 Å². The van der Waals surface area contributed by atoms with E-state index < -0.39 is 29.9 Å². The molecular weight excluding hydrogens is 460 g/mol. The average Bonchev–Trinajstić information content (AvgIpc) is 2.81. The van der Waals surface area contributed by atoms with E-state index in [0.29, 0.717) is 12.8 Å². The summed E-state index contributed by atoms with van der Waals surface area (Å²) in [6.45, 7) is 5.58. The summed E-state index contributed by atoms with van der Waals surface area (Å²) in [7, 11) is 0. The van der Waals surface area contributed by atoms with E-state index >= 15 is 0 Å². The molecule has 8 heteroatoms. The predicted octanol–water partition coefficient (Wildman–Crippen LogP) is 4.65. The topological polar surface area (TPSA) is 125 Å². The summed E-state index contributed by atoms with van der Waals surface area (Å²) in [6, 6.07) is -1.15. The number of cyclic esters (lactones) is 1. The van der Waals surface area contributed by atoms with Gasteiger partial charge in [-0.2, -0.15) is 0 Å². The molecule has 2 amide bonds. The second-order valence-corrected chi connectivity index (χ2v) is 9.56. The lowest BCUT2D eigenvalue weighted by Crippen LogP contribution is -2.48. The predicted molar refractivity (Wildman–Crippen MR) is 140 cm³/mol. The number of nitrogens with two attached hydrogens (primary N) is 1. The van der Waals surface area contributed by atoms with Crippen LogP contribution in [0.1, 0.15) is 104 Å². The molecule has 0 unspecified atom stereocenters. The molecule has 1 fully saturated rings. The Morgan fingerprint density at radius 3 is 2.36 bits per heavy atom. The number of nitrogens with one attached hydrogen (secondary N) is 1. The van der Waals surface area contributed by atoms with Crippen molar-refractivity contribution in [2.24, 2.45) is 11.7 Å². The van der Waals surface area contributed by atoms with Crippen molar-refractivity contribution in [3.05, 3.63) is 24.3 Å². The van der Waals surface area contributed by atoms with E-state index in [2.05, 4.69) is 31.3 Å². The van der Waals surface area contributed by atoms with Crippen LogP contribution in [0.25, 0.3) is 0 Å². The number of hydrogen-bond acceptors (Lipinski definition) is 6. The molecule has 1 aliphatic rings. The quantitative estimate of drug-likeness (QED) is 0.141. The summed E-state index contributed by atoms with van der Waals surface area (Å²) in [5.74, 6) is -2.28. The first-order chi connectivity index (χ1) is 17.3. The summed E-state index contributed by atoms with van der Waals surface area (Å²) < 4.78 is 11.1. The Hall–Kier alpha value is -2.64. The first kappa shape index (κ1) is 31.4. The zero-order chi connectivity index (χ0) is 26.8. The molecule has 1 heterocycles. The van der Waals surface area contributed by atoms with Gasteiger partial charge in [-0.05, 0) is 25.7 Å². The summed E-state index contributed by atoms with van der Waals surface area (Å²) in [6.07, 6.45) is 18.4. The molecule has 3 N–H and O–H groups in total. The van der Waals surface area contributed by atoms with Gasteiger partial charge in [-0.1, -0.05) is 76.7 Å². The van der Waals surface area contributed by atoms with E-state index in [1.54, 1.807) is 0 Å². The minimum Gasteiger partial charge on any atom is -0.461 e. The number of amides is 2. The number of carbonyl (C=O) groups excluding carboxylic acids is 4. The fraction of sp³-hybridized carbons (Fsp3) is 0.714. The molecule has 0 aromatic heterocycles. The van der Waals surface area contributed by atoms with Gasteiger partial charge in [0.1, 0.15) is 18.2 Å². The fourth-order valence-electron chi connectivity index (χ4n) is 4.19. The molecule has 0 aromatic carbocycles. The summed E-state index contributed by atoms with van der Waals surface area (Å²) >= 11 is 0. The van der Waals surface area contributed by atoms with Crippen LogP contribution in [-0.2, 0) is 28.7 Å². The standard InChI is InChI=1S/C28H46N2O6/c1-4-6-8-10-11-12-13-14-15-17-22(35-28(34)24(20-26(29)32)30-21(3)31)19-25-23(27(33)36-25)18-16-9-7-5-2/h11-12,14-15,22-25H,4-10,13,16-20H2,1-3H3,(H2,29,32)(H,30,31)/b12-11-,15-14-/t22-,23+,24+,25+/m1/s1. The SMILES string of the molecule is CCCCC/C=C\C/C=C\C[C@H](C[C@@H]1OC(=O)[C@H]1CCCCCC)OC(=O)[C@H](CC(N)=O)NC(C)=O. The van der Waals surface area contributed by atoms with Gasteiger partial charge in [0, 0.05) is 19.8 Å². The van der Waals surface area contributed by atoms with Crippen LogP contribution in [-0.4, -0.2) is 42.0 Å². The molecule has 1 saturated heterocycles. The smallest absolute Gasteiger partial charge is 0.329 e. The minimum absolute atomic E-state index is 0.185. The van der Waals surface area contributed by atoms with Gasteiger partial charge in [0.25, 0.3) is 0 Å². The van der Waals surface area contributed by atoms with Crippen molar-refractivity contribution >= 4 is 23.8 Å². The molecule has 4 atom stereocenters. The van der Waals surface area contributed by atoms with Gasteiger partial charge < -0.3 is 20.5 Å². The van der Waals surface area contributed by atoms with E-state index in [9.17, 15) is 19.2 Å². The van der Waals surface area contributed by atoms with Gasteiger partial charge in [0.15, 0.2) is 0 Å². The Morgan fingerprint density at radius 2 is 1.72 bits per heavy atom. The highest BCUT2D eigenvalue weighted by molar-refractivity contribution is 5.88. The Labute approximate surface area is 216 Å². The van der Waals surface area contributed by atoms with Crippen LogP contribution in [0.15, 0.2) is 24.3 Å². The summed E-state index contributed by atoms with van der Waals surface area (Å²) in [5.41, 5.74) is 5.24. The maximum atomic E-state index is 12.8. The summed E-state index contributed by atoms with van der Waals surface area (Å²) in [4.78, 5) is 47.7. The number of carbonyl (C=O) groups is 4. The highest BCUT2D eigenvalue weighted by Gasteiger charge is 2.43. The van der Waals surface area contributed by atoms with Crippen LogP contribution in [0.4, 0.5) is 0 Å². The zero-order valence-electron chi connectivity index (χ0n) is 22.3. The third-order valence-electron chi connectivity index (χ3n) is 6.21. The van der Waals surface area contributed by atoms with Crippen LogP contribution in [0.2, 0.25) is 0 Å². The Morgan fingerprint density at radius 1 is 1.03 bits per heavy atom. The maximum absolute atomic E-state index is 12.8. The van der Waals surface area contributed by atoms with Crippen molar-refractivity contribution in [1.82, 2.24) is 5.32 Å². The number of rotatable bonds is 20. The molecule has 204 valence electrons. The molecule has 0 aliphatic carbocycles. The normalized spacial score (nSPS) is 19.0. The number of primary amides is 1. The molecular formula is C28H46N2O6. The van der Waals surface area contributed by atoms with Crippen LogP contribution >= 0.6 is 0 Å². The third-order valence-corrected chi connectivity index (χ3v) is 6.21. The lowest BCUT2D eigenvalue weighted by atomic mass is 9.87. The van der Waals surface area contributed by atoms with Gasteiger partial charge in [0.05, 0.1) is 12.3 Å². The first-order valence-electron chi connectivity index (χ1n) is 13.5. The van der Waals surface area contributed by atoms with Crippen molar-refractivity contribution < 1.29 is 28.7 Å². The summed E-state index contributed by atoms with van der Waals surface area (Å²) in [5, 5.41) is 2.43. The second-order valence-electron chi connectivity index (χ2n) is 9.56. The molecule has 8 nitrogen and oxygen atoms in total. The number of esters is 2. The molecule has 1 rings (SSSR count). The van der Waals surface area contributed by atoms with E-state index in [4.69, 9.17) is 15.2 Å².